The van der Waals surface area contributed by atoms with Gasteiger partial charge in [0.05, 0.1) is 0 Å². The Bertz CT molecular complexity index is 189. The van der Waals surface area contributed by atoms with Gasteiger partial charge >= 0.3 is 0 Å². The summed E-state index contributed by atoms with van der Waals surface area (Å²) >= 11 is 0. The first-order valence-electron chi connectivity index (χ1n) is 7.59. The lowest BCUT2D eigenvalue weighted by atomic mass is 9.74. The molecule has 1 heterocycles. The largest absolute Gasteiger partial charge is 0.317 e. The molecule has 1 unspecified atom stereocenters. The summed E-state index contributed by atoms with van der Waals surface area (Å²) in [6.45, 7) is 15.5. The number of hydrogen-bond acceptors (Lipinski definition) is 2. The van der Waals surface area contributed by atoms with Crippen molar-refractivity contribution in [3.8, 4) is 0 Å². The number of likely N-dealkylation sites (tertiary alicyclic amines) is 1. The quantitative estimate of drug-likeness (QED) is 0.735. The molecule has 1 fully saturated rings. The maximum atomic E-state index is 3.45. The third-order valence-corrected chi connectivity index (χ3v) is 4.73. The molecule has 2 heteroatoms. The molecule has 1 aliphatic rings. The Morgan fingerprint density at radius 2 is 1.71 bits per heavy atom. The minimum absolute atomic E-state index is 0.668. The minimum atomic E-state index is 0.668. The average molecular weight is 240 g/mol. The van der Waals surface area contributed by atoms with Gasteiger partial charge in [0.25, 0.3) is 0 Å². The molecule has 1 rings (SSSR count). The molecule has 0 aromatic carbocycles. The van der Waals surface area contributed by atoms with Crippen LogP contribution in [0.1, 0.15) is 53.4 Å². The first-order chi connectivity index (χ1) is 8.15. The molecule has 0 bridgehead atoms. The summed E-state index contributed by atoms with van der Waals surface area (Å²) in [6.07, 6.45) is 5.55. The first kappa shape index (κ1) is 15.0. The Balaban J connectivity index is 2.27. The van der Waals surface area contributed by atoms with Crippen molar-refractivity contribution in [2.75, 3.05) is 32.7 Å². The Labute approximate surface area is 108 Å². The fraction of sp³-hybridized carbons (Fsp3) is 1.00. The van der Waals surface area contributed by atoms with Crippen LogP contribution >= 0.6 is 0 Å². The monoisotopic (exact) mass is 240 g/mol. The lowest BCUT2D eigenvalue weighted by Gasteiger charge is -2.41. The number of rotatable bonds is 7. The number of nitrogens with zero attached hydrogens (tertiary/aromatic N) is 1. The van der Waals surface area contributed by atoms with Gasteiger partial charge < -0.3 is 10.2 Å². The summed E-state index contributed by atoms with van der Waals surface area (Å²) < 4.78 is 0. The molecular weight excluding hydrogens is 208 g/mol. The van der Waals surface area contributed by atoms with Gasteiger partial charge in [-0.3, -0.25) is 0 Å². The standard InChI is InChI=1S/C15H32N2/c1-5-15(6-2)8-10-17(11-9-15)13-14(4)12-16-7-3/h14,16H,5-13H2,1-4H3. The molecule has 17 heavy (non-hydrogen) atoms. The molecule has 1 N–H and O–H groups in total. The fourth-order valence-electron chi connectivity index (χ4n) is 3.06. The van der Waals surface area contributed by atoms with Crippen LogP contribution in [-0.2, 0) is 0 Å². The second-order valence-electron chi connectivity index (χ2n) is 5.92. The Morgan fingerprint density at radius 3 is 2.18 bits per heavy atom. The van der Waals surface area contributed by atoms with Crippen molar-refractivity contribution in [2.45, 2.75) is 53.4 Å². The van der Waals surface area contributed by atoms with E-state index in [1.807, 2.05) is 0 Å². The highest BCUT2D eigenvalue weighted by molar-refractivity contribution is 4.84. The molecule has 0 aromatic rings. The molecule has 102 valence electrons. The van der Waals surface area contributed by atoms with Crippen molar-refractivity contribution in [1.29, 1.82) is 0 Å². The molecule has 0 amide bonds. The SMILES string of the molecule is CCNCC(C)CN1CCC(CC)(CC)CC1. The van der Waals surface area contributed by atoms with Crippen molar-refractivity contribution in [3.63, 3.8) is 0 Å². The number of piperidine rings is 1. The molecule has 0 saturated carbocycles. The van der Waals surface area contributed by atoms with E-state index in [0.717, 1.165) is 12.5 Å². The Morgan fingerprint density at radius 1 is 1.12 bits per heavy atom. The van der Waals surface area contributed by atoms with Gasteiger partial charge in [0, 0.05) is 6.54 Å². The predicted octanol–water partition coefficient (Wildman–Crippen LogP) is 3.13. The zero-order valence-electron chi connectivity index (χ0n) is 12.4. The van der Waals surface area contributed by atoms with E-state index in [1.54, 1.807) is 0 Å². The molecule has 1 atom stereocenters. The summed E-state index contributed by atoms with van der Waals surface area (Å²) in [4.78, 5) is 2.67. The van der Waals surface area contributed by atoms with Crippen LogP contribution in [0.25, 0.3) is 0 Å². The van der Waals surface area contributed by atoms with E-state index in [4.69, 9.17) is 0 Å². The van der Waals surface area contributed by atoms with Gasteiger partial charge in [0.15, 0.2) is 0 Å². The summed E-state index contributed by atoms with van der Waals surface area (Å²) in [7, 11) is 0. The second kappa shape index (κ2) is 7.38. The highest BCUT2D eigenvalue weighted by atomic mass is 15.1. The van der Waals surface area contributed by atoms with E-state index in [-0.39, 0.29) is 0 Å². The fourth-order valence-corrected chi connectivity index (χ4v) is 3.06. The number of nitrogens with one attached hydrogen (secondary N) is 1. The molecule has 1 aliphatic heterocycles. The average Bonchev–Trinajstić information content (AvgIpc) is 2.38. The van der Waals surface area contributed by atoms with Gasteiger partial charge in [-0.25, -0.2) is 0 Å². The van der Waals surface area contributed by atoms with E-state index in [9.17, 15) is 0 Å². The zero-order valence-corrected chi connectivity index (χ0v) is 12.4. The second-order valence-corrected chi connectivity index (χ2v) is 5.92. The number of hydrogen-bond donors (Lipinski definition) is 1. The molecule has 0 spiro atoms. The van der Waals surface area contributed by atoms with Crippen LogP contribution in [-0.4, -0.2) is 37.6 Å². The van der Waals surface area contributed by atoms with E-state index in [2.05, 4.69) is 37.9 Å². The molecular formula is C15H32N2. The summed E-state index contributed by atoms with van der Waals surface area (Å²) in [5, 5.41) is 3.45. The minimum Gasteiger partial charge on any atom is -0.317 e. The summed E-state index contributed by atoms with van der Waals surface area (Å²) in [6, 6.07) is 0. The maximum absolute atomic E-state index is 3.45. The molecule has 2 nitrogen and oxygen atoms in total. The van der Waals surface area contributed by atoms with Crippen LogP contribution in [0.4, 0.5) is 0 Å². The first-order valence-corrected chi connectivity index (χ1v) is 7.59. The van der Waals surface area contributed by atoms with E-state index >= 15 is 0 Å². The van der Waals surface area contributed by atoms with E-state index in [1.165, 1.54) is 51.9 Å². The third-order valence-electron chi connectivity index (χ3n) is 4.73. The Kier molecular flexibility index (Phi) is 6.50. The van der Waals surface area contributed by atoms with E-state index < -0.39 is 0 Å². The zero-order chi connectivity index (χ0) is 12.7. The van der Waals surface area contributed by atoms with E-state index in [0.29, 0.717) is 5.41 Å². The summed E-state index contributed by atoms with van der Waals surface area (Å²) in [5.74, 6) is 0.783. The topological polar surface area (TPSA) is 15.3 Å². The lowest BCUT2D eigenvalue weighted by molar-refractivity contribution is 0.0861. The predicted molar refractivity (Wildman–Crippen MR) is 76.4 cm³/mol. The highest BCUT2D eigenvalue weighted by Gasteiger charge is 2.31. The van der Waals surface area contributed by atoms with Crippen molar-refractivity contribution in [2.24, 2.45) is 11.3 Å². The molecule has 0 aromatic heterocycles. The van der Waals surface area contributed by atoms with Crippen LogP contribution in [0.5, 0.6) is 0 Å². The van der Waals surface area contributed by atoms with Gasteiger partial charge in [-0.05, 0) is 50.4 Å². The van der Waals surface area contributed by atoms with Gasteiger partial charge in [-0.15, -0.1) is 0 Å². The van der Waals surface area contributed by atoms with Crippen LogP contribution in [0, 0.1) is 11.3 Å². The van der Waals surface area contributed by atoms with Crippen LogP contribution in [0.2, 0.25) is 0 Å². The molecule has 0 aliphatic carbocycles. The van der Waals surface area contributed by atoms with Gasteiger partial charge in [0.1, 0.15) is 0 Å². The van der Waals surface area contributed by atoms with Crippen molar-refractivity contribution < 1.29 is 0 Å². The highest BCUT2D eigenvalue weighted by Crippen LogP contribution is 2.37. The molecule has 0 radical (unpaired) electrons. The maximum Gasteiger partial charge on any atom is 0.00191 e. The smallest absolute Gasteiger partial charge is 0.00191 e. The summed E-state index contributed by atoms with van der Waals surface area (Å²) in [5.41, 5.74) is 0.668. The lowest BCUT2D eigenvalue weighted by Crippen LogP contribution is -2.42. The van der Waals surface area contributed by atoms with Gasteiger partial charge in [0.2, 0.25) is 0 Å². The van der Waals surface area contributed by atoms with Gasteiger partial charge in [-0.2, -0.15) is 0 Å². The van der Waals surface area contributed by atoms with Crippen molar-refractivity contribution in [3.05, 3.63) is 0 Å². The third kappa shape index (κ3) is 4.59. The molecule has 1 saturated heterocycles. The van der Waals surface area contributed by atoms with Gasteiger partial charge in [-0.1, -0.05) is 40.5 Å². The van der Waals surface area contributed by atoms with Crippen LogP contribution < -0.4 is 5.32 Å². The Hall–Kier alpha value is -0.0800. The normalized spacial score (nSPS) is 22.6. The van der Waals surface area contributed by atoms with Crippen LogP contribution in [0.15, 0.2) is 0 Å². The van der Waals surface area contributed by atoms with Crippen molar-refractivity contribution in [1.82, 2.24) is 10.2 Å². The van der Waals surface area contributed by atoms with Crippen molar-refractivity contribution >= 4 is 0 Å². The van der Waals surface area contributed by atoms with Crippen LogP contribution in [0.3, 0.4) is 0 Å².